The van der Waals surface area contributed by atoms with Crippen LogP contribution in [0.15, 0.2) is 22.7 Å². The first-order chi connectivity index (χ1) is 7.19. The summed E-state index contributed by atoms with van der Waals surface area (Å²) in [6.07, 6.45) is 0.316. The van der Waals surface area contributed by atoms with Crippen LogP contribution < -0.4 is 10.5 Å². The third kappa shape index (κ3) is 3.47. The van der Waals surface area contributed by atoms with Gasteiger partial charge in [0.1, 0.15) is 5.75 Å². The molecule has 15 heavy (non-hydrogen) atoms. The SMILES string of the molecule is CCOc1ccc(Br)cc1[C@@H](N)CCF. The van der Waals surface area contributed by atoms with Crippen molar-refractivity contribution in [3.63, 3.8) is 0 Å². The monoisotopic (exact) mass is 275 g/mol. The van der Waals surface area contributed by atoms with Crippen molar-refractivity contribution in [1.82, 2.24) is 0 Å². The molecular weight excluding hydrogens is 261 g/mol. The Balaban J connectivity index is 2.95. The van der Waals surface area contributed by atoms with Gasteiger partial charge in [0.2, 0.25) is 0 Å². The van der Waals surface area contributed by atoms with E-state index in [-0.39, 0.29) is 6.04 Å². The molecule has 1 aromatic rings. The fraction of sp³-hybridized carbons (Fsp3) is 0.455. The summed E-state index contributed by atoms with van der Waals surface area (Å²) < 4.78 is 18.6. The number of hydrogen-bond acceptors (Lipinski definition) is 2. The van der Waals surface area contributed by atoms with E-state index >= 15 is 0 Å². The number of benzene rings is 1. The molecule has 0 saturated heterocycles. The summed E-state index contributed by atoms with van der Waals surface area (Å²) in [5, 5.41) is 0. The van der Waals surface area contributed by atoms with Gasteiger partial charge in [0, 0.05) is 16.1 Å². The van der Waals surface area contributed by atoms with Crippen LogP contribution in [0, 0.1) is 0 Å². The quantitative estimate of drug-likeness (QED) is 0.896. The highest BCUT2D eigenvalue weighted by Gasteiger charge is 2.12. The van der Waals surface area contributed by atoms with Gasteiger partial charge in [0.05, 0.1) is 13.3 Å². The molecule has 0 saturated carbocycles. The van der Waals surface area contributed by atoms with E-state index in [9.17, 15) is 4.39 Å². The molecule has 0 aromatic heterocycles. The van der Waals surface area contributed by atoms with Gasteiger partial charge in [-0.3, -0.25) is 4.39 Å². The van der Waals surface area contributed by atoms with E-state index in [0.29, 0.717) is 13.0 Å². The largest absolute Gasteiger partial charge is 0.494 e. The van der Waals surface area contributed by atoms with Crippen molar-refractivity contribution in [3.05, 3.63) is 28.2 Å². The highest BCUT2D eigenvalue weighted by Crippen LogP contribution is 2.29. The van der Waals surface area contributed by atoms with E-state index in [1.165, 1.54) is 0 Å². The standard InChI is InChI=1S/C11H15BrFNO/c1-2-15-11-4-3-8(12)7-9(11)10(14)5-6-13/h3-4,7,10H,2,5-6,14H2,1H3/t10-/m0/s1. The molecule has 2 N–H and O–H groups in total. The summed E-state index contributed by atoms with van der Waals surface area (Å²) in [4.78, 5) is 0. The molecule has 2 nitrogen and oxygen atoms in total. The van der Waals surface area contributed by atoms with Crippen LogP contribution >= 0.6 is 15.9 Å². The van der Waals surface area contributed by atoms with E-state index in [2.05, 4.69) is 15.9 Å². The summed E-state index contributed by atoms with van der Waals surface area (Å²) in [6.45, 7) is 2.07. The molecule has 4 heteroatoms. The lowest BCUT2D eigenvalue weighted by Gasteiger charge is -2.15. The second-order valence-corrected chi connectivity index (χ2v) is 4.11. The Labute approximate surface area is 97.7 Å². The number of ether oxygens (including phenoxy) is 1. The van der Waals surface area contributed by atoms with Crippen LogP contribution in [0.3, 0.4) is 0 Å². The fourth-order valence-electron chi connectivity index (χ4n) is 1.37. The molecule has 1 aromatic carbocycles. The minimum atomic E-state index is -0.417. The van der Waals surface area contributed by atoms with Crippen molar-refractivity contribution < 1.29 is 9.13 Å². The number of hydrogen-bond donors (Lipinski definition) is 1. The van der Waals surface area contributed by atoms with Crippen molar-refractivity contribution in [2.75, 3.05) is 13.3 Å². The van der Waals surface area contributed by atoms with Crippen molar-refractivity contribution >= 4 is 15.9 Å². The number of halogens is 2. The lowest BCUT2D eigenvalue weighted by Crippen LogP contribution is -2.12. The summed E-state index contributed by atoms with van der Waals surface area (Å²) in [5.74, 6) is 0.738. The molecule has 0 unspecified atom stereocenters. The van der Waals surface area contributed by atoms with Crippen LogP contribution in [0.5, 0.6) is 5.75 Å². The molecule has 84 valence electrons. The zero-order chi connectivity index (χ0) is 11.3. The Hall–Kier alpha value is -0.610. The maximum atomic E-state index is 12.2. The maximum Gasteiger partial charge on any atom is 0.124 e. The predicted octanol–water partition coefficient (Wildman–Crippen LogP) is 3.21. The van der Waals surface area contributed by atoms with Crippen molar-refractivity contribution in [1.29, 1.82) is 0 Å². The van der Waals surface area contributed by atoms with Gasteiger partial charge in [0.15, 0.2) is 0 Å². The van der Waals surface area contributed by atoms with Gasteiger partial charge in [-0.05, 0) is 31.5 Å². The van der Waals surface area contributed by atoms with E-state index in [0.717, 1.165) is 15.8 Å². The van der Waals surface area contributed by atoms with Crippen molar-refractivity contribution in [3.8, 4) is 5.75 Å². The van der Waals surface area contributed by atoms with Gasteiger partial charge >= 0.3 is 0 Å². The van der Waals surface area contributed by atoms with E-state index < -0.39 is 6.67 Å². The third-order valence-corrected chi connectivity index (χ3v) is 2.58. The van der Waals surface area contributed by atoms with Gasteiger partial charge in [0.25, 0.3) is 0 Å². The molecule has 0 amide bonds. The first kappa shape index (κ1) is 12.5. The Kier molecular flexibility index (Phi) is 5.05. The lowest BCUT2D eigenvalue weighted by atomic mass is 10.0. The van der Waals surface area contributed by atoms with Crippen LogP contribution in [0.4, 0.5) is 4.39 Å². The molecule has 0 aliphatic carbocycles. The molecule has 1 atom stereocenters. The van der Waals surface area contributed by atoms with Crippen molar-refractivity contribution in [2.45, 2.75) is 19.4 Å². The Bertz CT molecular complexity index is 319. The van der Waals surface area contributed by atoms with Gasteiger partial charge in [-0.15, -0.1) is 0 Å². The first-order valence-corrected chi connectivity index (χ1v) is 5.72. The molecular formula is C11H15BrFNO. The zero-order valence-corrected chi connectivity index (χ0v) is 10.3. The molecule has 0 aliphatic heterocycles. The molecule has 0 fully saturated rings. The number of nitrogens with two attached hydrogens (primary N) is 1. The van der Waals surface area contributed by atoms with E-state index in [4.69, 9.17) is 10.5 Å². The van der Waals surface area contributed by atoms with Gasteiger partial charge in [-0.1, -0.05) is 15.9 Å². The van der Waals surface area contributed by atoms with Gasteiger partial charge in [-0.25, -0.2) is 0 Å². The topological polar surface area (TPSA) is 35.2 Å². The normalized spacial score (nSPS) is 12.5. The highest BCUT2D eigenvalue weighted by atomic mass is 79.9. The van der Waals surface area contributed by atoms with Crippen LogP contribution in [0.25, 0.3) is 0 Å². The molecule has 0 spiro atoms. The van der Waals surface area contributed by atoms with Gasteiger partial charge < -0.3 is 10.5 Å². The van der Waals surface area contributed by atoms with Crippen LogP contribution in [0.1, 0.15) is 24.9 Å². The number of rotatable bonds is 5. The molecule has 0 bridgehead atoms. The minimum Gasteiger partial charge on any atom is -0.494 e. The zero-order valence-electron chi connectivity index (χ0n) is 8.67. The van der Waals surface area contributed by atoms with Crippen LogP contribution in [0.2, 0.25) is 0 Å². The van der Waals surface area contributed by atoms with Crippen LogP contribution in [-0.4, -0.2) is 13.3 Å². The lowest BCUT2D eigenvalue weighted by molar-refractivity contribution is 0.331. The highest BCUT2D eigenvalue weighted by molar-refractivity contribution is 9.10. The molecule has 0 aliphatic rings. The summed E-state index contributed by atoms with van der Waals surface area (Å²) >= 11 is 3.36. The second-order valence-electron chi connectivity index (χ2n) is 3.20. The first-order valence-electron chi connectivity index (χ1n) is 4.92. The van der Waals surface area contributed by atoms with E-state index in [1.54, 1.807) is 0 Å². The van der Waals surface area contributed by atoms with Crippen LogP contribution in [-0.2, 0) is 0 Å². The molecule has 0 heterocycles. The smallest absolute Gasteiger partial charge is 0.124 e. The minimum absolute atomic E-state index is 0.311. The van der Waals surface area contributed by atoms with Gasteiger partial charge in [-0.2, -0.15) is 0 Å². The fourth-order valence-corrected chi connectivity index (χ4v) is 1.75. The summed E-state index contributed by atoms with van der Waals surface area (Å²) in [5.41, 5.74) is 6.72. The second kappa shape index (κ2) is 6.08. The average molecular weight is 276 g/mol. The summed E-state index contributed by atoms with van der Waals surface area (Å²) in [6, 6.07) is 5.30. The Morgan fingerprint density at radius 1 is 1.53 bits per heavy atom. The Morgan fingerprint density at radius 3 is 2.87 bits per heavy atom. The molecule has 0 radical (unpaired) electrons. The van der Waals surface area contributed by atoms with Crippen molar-refractivity contribution in [2.24, 2.45) is 5.73 Å². The summed E-state index contributed by atoms with van der Waals surface area (Å²) in [7, 11) is 0. The molecule has 1 rings (SSSR count). The maximum absolute atomic E-state index is 12.2. The Morgan fingerprint density at radius 2 is 2.27 bits per heavy atom. The average Bonchev–Trinajstić information content (AvgIpc) is 2.21. The van der Waals surface area contributed by atoms with E-state index in [1.807, 2.05) is 25.1 Å². The number of alkyl halides is 1. The predicted molar refractivity (Wildman–Crippen MR) is 62.8 cm³/mol. The third-order valence-electron chi connectivity index (χ3n) is 2.09.